The summed E-state index contributed by atoms with van der Waals surface area (Å²) in [6.45, 7) is 4.69. The van der Waals surface area contributed by atoms with Crippen LogP contribution in [0.3, 0.4) is 0 Å². The summed E-state index contributed by atoms with van der Waals surface area (Å²) in [4.78, 5) is 8.76. The van der Waals surface area contributed by atoms with Gasteiger partial charge >= 0.3 is 0 Å². The van der Waals surface area contributed by atoms with Crippen molar-refractivity contribution in [3.63, 3.8) is 0 Å². The van der Waals surface area contributed by atoms with E-state index in [1.54, 1.807) is 0 Å². The Morgan fingerprint density at radius 3 is 2.41 bits per heavy atom. The van der Waals surface area contributed by atoms with Crippen LogP contribution in [0.4, 0.5) is 11.4 Å². The van der Waals surface area contributed by atoms with Crippen LogP contribution in [-0.4, -0.2) is 31.2 Å². The van der Waals surface area contributed by atoms with Gasteiger partial charge in [-0.2, -0.15) is 0 Å². The normalized spacial score (nSPS) is 20.1. The van der Waals surface area contributed by atoms with Gasteiger partial charge in [0.1, 0.15) is 0 Å². The topological polar surface area (TPSA) is 34.3 Å². The van der Waals surface area contributed by atoms with Crippen LogP contribution < -0.4 is 15.1 Å². The first-order valence-corrected chi connectivity index (χ1v) is 10.4. The van der Waals surface area contributed by atoms with E-state index in [0.717, 1.165) is 18.8 Å². The molecule has 3 aliphatic rings. The molecule has 27 heavy (non-hydrogen) atoms. The van der Waals surface area contributed by atoms with Crippen LogP contribution in [0.25, 0.3) is 16.6 Å². The number of hydrogen-bond acceptors (Lipinski definition) is 3. The average Bonchev–Trinajstić information content (AvgIpc) is 3.32. The molecule has 2 N–H and O–H groups in total. The van der Waals surface area contributed by atoms with Gasteiger partial charge in [-0.3, -0.25) is 0 Å². The van der Waals surface area contributed by atoms with Crippen molar-refractivity contribution < 1.29 is 0 Å². The number of rotatable bonds is 3. The highest BCUT2D eigenvalue weighted by Crippen LogP contribution is 2.42. The summed E-state index contributed by atoms with van der Waals surface area (Å²) in [5.41, 5.74) is 6.51. The first-order chi connectivity index (χ1) is 13.4. The number of nitrogens with one attached hydrogen (secondary N) is 2. The van der Waals surface area contributed by atoms with Crippen molar-refractivity contribution in [1.82, 2.24) is 10.3 Å². The molecule has 2 saturated heterocycles. The largest absolute Gasteiger partial charge is 0.370 e. The SMILES string of the molecule is C1=CC=C(c2c[nH]c3ccc(N4CCCC4)c(N4CCCCC4)c23)NC=C1. The quantitative estimate of drug-likeness (QED) is 0.827. The molecule has 5 rings (SSSR count). The number of aromatic nitrogens is 1. The Morgan fingerprint density at radius 1 is 0.778 bits per heavy atom. The molecule has 0 bridgehead atoms. The van der Waals surface area contributed by atoms with Gasteiger partial charge in [-0.05, 0) is 56.4 Å². The summed E-state index contributed by atoms with van der Waals surface area (Å²) in [6.07, 6.45) is 19.1. The highest BCUT2D eigenvalue weighted by molar-refractivity contribution is 6.06. The van der Waals surface area contributed by atoms with Crippen molar-refractivity contribution in [1.29, 1.82) is 0 Å². The predicted molar refractivity (Wildman–Crippen MR) is 115 cm³/mol. The van der Waals surface area contributed by atoms with Crippen LogP contribution in [0, 0.1) is 0 Å². The molecule has 0 atom stereocenters. The van der Waals surface area contributed by atoms with E-state index in [1.165, 1.54) is 73.0 Å². The molecular weight excluding hydrogens is 332 g/mol. The lowest BCUT2D eigenvalue weighted by molar-refractivity contribution is 0.579. The van der Waals surface area contributed by atoms with Crippen molar-refractivity contribution in [2.45, 2.75) is 32.1 Å². The van der Waals surface area contributed by atoms with Crippen molar-refractivity contribution in [2.75, 3.05) is 36.0 Å². The Kier molecular flexibility index (Phi) is 4.40. The van der Waals surface area contributed by atoms with Crippen LogP contribution in [0.1, 0.15) is 37.7 Å². The fraction of sp³-hybridized carbons (Fsp3) is 0.391. The molecule has 1 aromatic carbocycles. The molecule has 0 unspecified atom stereocenters. The molecule has 0 radical (unpaired) electrons. The summed E-state index contributed by atoms with van der Waals surface area (Å²) in [7, 11) is 0. The minimum absolute atomic E-state index is 1.16. The highest BCUT2D eigenvalue weighted by atomic mass is 15.2. The Labute approximate surface area is 161 Å². The van der Waals surface area contributed by atoms with E-state index in [-0.39, 0.29) is 0 Å². The third-order valence-electron chi connectivity index (χ3n) is 6.03. The highest BCUT2D eigenvalue weighted by Gasteiger charge is 2.25. The van der Waals surface area contributed by atoms with Gasteiger partial charge in [0.15, 0.2) is 0 Å². The van der Waals surface area contributed by atoms with E-state index in [9.17, 15) is 0 Å². The van der Waals surface area contributed by atoms with Crippen molar-refractivity contribution in [2.24, 2.45) is 0 Å². The van der Waals surface area contributed by atoms with Crippen molar-refractivity contribution in [3.05, 3.63) is 54.4 Å². The Bertz CT molecular complexity index is 906. The van der Waals surface area contributed by atoms with Gasteiger partial charge in [0, 0.05) is 60.7 Å². The second-order valence-corrected chi connectivity index (χ2v) is 7.77. The molecule has 0 spiro atoms. The zero-order valence-electron chi connectivity index (χ0n) is 15.9. The van der Waals surface area contributed by atoms with E-state index in [0.29, 0.717) is 0 Å². The number of fused-ring (bicyclic) bond motifs is 1. The van der Waals surface area contributed by atoms with E-state index >= 15 is 0 Å². The smallest absolute Gasteiger partial charge is 0.0706 e. The second-order valence-electron chi connectivity index (χ2n) is 7.77. The monoisotopic (exact) mass is 360 g/mol. The van der Waals surface area contributed by atoms with Crippen LogP contribution in [0.2, 0.25) is 0 Å². The first kappa shape index (κ1) is 16.5. The Balaban J connectivity index is 1.70. The molecule has 4 heteroatoms. The number of aromatic amines is 1. The zero-order chi connectivity index (χ0) is 18.1. The van der Waals surface area contributed by atoms with E-state index in [4.69, 9.17) is 0 Å². The summed E-state index contributed by atoms with van der Waals surface area (Å²) in [6, 6.07) is 4.61. The maximum absolute atomic E-state index is 3.53. The lowest BCUT2D eigenvalue weighted by atomic mass is 10.0. The number of nitrogens with zero attached hydrogens (tertiary/aromatic N) is 2. The number of H-pyrrole nitrogens is 1. The molecule has 0 aliphatic carbocycles. The van der Waals surface area contributed by atoms with Gasteiger partial charge in [0.25, 0.3) is 0 Å². The maximum atomic E-state index is 3.53. The standard InChI is InChI=1S/C23H28N4/c1-3-9-19(24-12-4-1)18-17-25-20-10-11-21(26-13-7-8-14-26)23(22(18)20)27-15-5-2-6-16-27/h1,3-4,9-12,17,24-25H,2,5-8,13-16H2. The molecule has 0 saturated carbocycles. The number of benzene rings is 1. The predicted octanol–water partition coefficient (Wildman–Crippen LogP) is 4.77. The fourth-order valence-corrected chi connectivity index (χ4v) is 4.68. The van der Waals surface area contributed by atoms with Crippen LogP contribution in [0.15, 0.2) is 48.8 Å². The van der Waals surface area contributed by atoms with Crippen LogP contribution >= 0.6 is 0 Å². The molecule has 1 aromatic heterocycles. The third kappa shape index (κ3) is 3.03. The third-order valence-corrected chi connectivity index (χ3v) is 6.03. The number of hydrogen-bond donors (Lipinski definition) is 2. The lowest BCUT2D eigenvalue weighted by Crippen LogP contribution is -2.32. The number of piperidine rings is 1. The number of anilines is 2. The molecule has 4 nitrogen and oxygen atoms in total. The first-order valence-electron chi connectivity index (χ1n) is 10.4. The fourth-order valence-electron chi connectivity index (χ4n) is 4.68. The second kappa shape index (κ2) is 7.18. The summed E-state index contributed by atoms with van der Waals surface area (Å²) in [5.74, 6) is 0. The molecule has 2 aromatic rings. The van der Waals surface area contributed by atoms with Gasteiger partial charge in [-0.15, -0.1) is 0 Å². The lowest BCUT2D eigenvalue weighted by Gasteiger charge is -2.34. The molecule has 4 heterocycles. The minimum Gasteiger partial charge on any atom is -0.370 e. The number of allylic oxidation sites excluding steroid dienone is 4. The summed E-state index contributed by atoms with van der Waals surface area (Å²) < 4.78 is 0. The van der Waals surface area contributed by atoms with Crippen molar-refractivity contribution in [3.8, 4) is 0 Å². The summed E-state index contributed by atoms with van der Waals surface area (Å²) in [5, 5.41) is 4.83. The molecule has 0 amide bonds. The molecule has 3 aliphatic heterocycles. The zero-order valence-corrected chi connectivity index (χ0v) is 15.9. The minimum atomic E-state index is 1.16. The summed E-state index contributed by atoms with van der Waals surface area (Å²) >= 11 is 0. The van der Waals surface area contributed by atoms with E-state index in [1.807, 2.05) is 12.3 Å². The van der Waals surface area contributed by atoms with Gasteiger partial charge in [0.2, 0.25) is 0 Å². The maximum Gasteiger partial charge on any atom is 0.0706 e. The molecular formula is C23H28N4. The van der Waals surface area contributed by atoms with Crippen molar-refractivity contribution >= 4 is 28.0 Å². The van der Waals surface area contributed by atoms with Gasteiger partial charge < -0.3 is 20.1 Å². The van der Waals surface area contributed by atoms with Gasteiger partial charge in [-0.1, -0.05) is 12.2 Å². The Hall–Kier alpha value is -2.62. The molecule has 140 valence electrons. The molecule has 2 fully saturated rings. The average molecular weight is 361 g/mol. The van der Waals surface area contributed by atoms with E-state index < -0.39 is 0 Å². The van der Waals surface area contributed by atoms with E-state index in [2.05, 4.69) is 56.7 Å². The van der Waals surface area contributed by atoms with Gasteiger partial charge in [-0.25, -0.2) is 0 Å². The van der Waals surface area contributed by atoms with Crippen LogP contribution in [0.5, 0.6) is 0 Å². The van der Waals surface area contributed by atoms with Crippen LogP contribution in [-0.2, 0) is 0 Å². The van der Waals surface area contributed by atoms with Gasteiger partial charge in [0.05, 0.1) is 11.4 Å². The Morgan fingerprint density at radius 2 is 1.56 bits per heavy atom.